The van der Waals surface area contributed by atoms with Crippen molar-refractivity contribution in [3.05, 3.63) is 57.6 Å². The van der Waals surface area contributed by atoms with Gasteiger partial charge in [0.25, 0.3) is 0 Å². The average Bonchev–Trinajstić information content (AvgIpc) is 2.49. The zero-order valence-corrected chi connectivity index (χ0v) is 12.4. The SMILES string of the molecule is Nc1ccc(C(=O)c2cccc3c2OCCC3)cc1Br. The Hall–Kier alpha value is -1.81. The summed E-state index contributed by atoms with van der Waals surface area (Å²) < 4.78 is 6.42. The molecule has 2 N–H and O–H groups in total. The molecule has 0 radical (unpaired) electrons. The number of anilines is 1. The predicted octanol–water partition coefficient (Wildman–Crippen LogP) is 3.59. The standard InChI is InChI=1S/C16H14BrNO2/c17-13-9-11(6-7-14(13)18)15(19)12-5-1-3-10-4-2-8-20-16(10)12/h1,3,5-7,9H,2,4,8,18H2. The maximum Gasteiger partial charge on any atom is 0.196 e. The number of ether oxygens (including phenoxy) is 1. The van der Waals surface area contributed by atoms with Crippen molar-refractivity contribution in [2.45, 2.75) is 12.8 Å². The Morgan fingerprint density at radius 2 is 2.10 bits per heavy atom. The Kier molecular flexibility index (Phi) is 3.49. The van der Waals surface area contributed by atoms with E-state index in [9.17, 15) is 4.79 Å². The highest BCUT2D eigenvalue weighted by Gasteiger charge is 2.20. The number of fused-ring (bicyclic) bond motifs is 1. The van der Waals surface area contributed by atoms with E-state index >= 15 is 0 Å². The highest BCUT2D eigenvalue weighted by Crippen LogP contribution is 2.31. The van der Waals surface area contributed by atoms with E-state index in [0.717, 1.165) is 28.6 Å². The lowest BCUT2D eigenvalue weighted by Gasteiger charge is -2.19. The van der Waals surface area contributed by atoms with E-state index in [1.165, 1.54) is 0 Å². The molecule has 102 valence electrons. The van der Waals surface area contributed by atoms with Gasteiger partial charge in [-0.05, 0) is 58.6 Å². The van der Waals surface area contributed by atoms with Crippen LogP contribution in [0.4, 0.5) is 5.69 Å². The number of nitrogens with two attached hydrogens (primary N) is 1. The van der Waals surface area contributed by atoms with Gasteiger partial charge < -0.3 is 10.5 Å². The van der Waals surface area contributed by atoms with Crippen molar-refractivity contribution in [2.24, 2.45) is 0 Å². The molecule has 0 bridgehead atoms. The summed E-state index contributed by atoms with van der Waals surface area (Å²) in [6.07, 6.45) is 1.96. The highest BCUT2D eigenvalue weighted by atomic mass is 79.9. The van der Waals surface area contributed by atoms with Crippen molar-refractivity contribution in [3.63, 3.8) is 0 Å². The van der Waals surface area contributed by atoms with Gasteiger partial charge in [-0.2, -0.15) is 0 Å². The van der Waals surface area contributed by atoms with Crippen LogP contribution in [0.2, 0.25) is 0 Å². The van der Waals surface area contributed by atoms with Crippen LogP contribution in [0.25, 0.3) is 0 Å². The summed E-state index contributed by atoms with van der Waals surface area (Å²) in [6.45, 7) is 0.669. The minimum atomic E-state index is -0.0375. The number of carbonyl (C=O) groups is 1. The van der Waals surface area contributed by atoms with Crippen molar-refractivity contribution in [1.29, 1.82) is 0 Å². The number of rotatable bonds is 2. The van der Waals surface area contributed by atoms with Gasteiger partial charge in [-0.25, -0.2) is 0 Å². The first-order valence-corrected chi connectivity index (χ1v) is 7.30. The summed E-state index contributed by atoms with van der Waals surface area (Å²) in [5.41, 5.74) is 8.71. The first kappa shape index (κ1) is 13.2. The number of hydrogen-bond acceptors (Lipinski definition) is 3. The van der Waals surface area contributed by atoms with Crippen molar-refractivity contribution in [2.75, 3.05) is 12.3 Å². The van der Waals surface area contributed by atoms with E-state index in [2.05, 4.69) is 15.9 Å². The lowest BCUT2D eigenvalue weighted by atomic mass is 9.97. The molecule has 1 aliphatic rings. The van der Waals surface area contributed by atoms with Crippen LogP contribution >= 0.6 is 15.9 Å². The lowest BCUT2D eigenvalue weighted by molar-refractivity contribution is 0.103. The number of para-hydroxylation sites is 1. The summed E-state index contributed by atoms with van der Waals surface area (Å²) in [5.74, 6) is 0.696. The van der Waals surface area contributed by atoms with Crippen molar-refractivity contribution in [1.82, 2.24) is 0 Å². The Balaban J connectivity index is 2.04. The van der Waals surface area contributed by atoms with Gasteiger partial charge in [0.05, 0.1) is 12.2 Å². The second-order valence-corrected chi connectivity index (χ2v) is 5.67. The van der Waals surface area contributed by atoms with Crippen LogP contribution in [0.15, 0.2) is 40.9 Å². The van der Waals surface area contributed by atoms with Crippen LogP contribution in [-0.2, 0) is 6.42 Å². The molecule has 0 aliphatic carbocycles. The maximum absolute atomic E-state index is 12.6. The number of aryl methyl sites for hydroxylation is 1. The minimum absolute atomic E-state index is 0.0375. The van der Waals surface area contributed by atoms with E-state index in [1.54, 1.807) is 18.2 Å². The van der Waals surface area contributed by atoms with Gasteiger partial charge in [0, 0.05) is 15.7 Å². The second kappa shape index (κ2) is 5.29. The zero-order chi connectivity index (χ0) is 14.1. The molecule has 2 aromatic rings. The molecule has 20 heavy (non-hydrogen) atoms. The Morgan fingerprint density at radius 3 is 2.90 bits per heavy atom. The molecule has 0 saturated carbocycles. The quantitative estimate of drug-likeness (QED) is 0.675. The van der Waals surface area contributed by atoms with Crippen LogP contribution in [-0.4, -0.2) is 12.4 Å². The number of benzene rings is 2. The zero-order valence-electron chi connectivity index (χ0n) is 10.9. The van der Waals surface area contributed by atoms with E-state index in [0.29, 0.717) is 23.4 Å². The molecule has 0 atom stereocenters. The van der Waals surface area contributed by atoms with Gasteiger partial charge >= 0.3 is 0 Å². The smallest absolute Gasteiger partial charge is 0.196 e. The number of nitrogen functional groups attached to an aromatic ring is 1. The molecule has 3 nitrogen and oxygen atoms in total. The van der Waals surface area contributed by atoms with Crippen LogP contribution < -0.4 is 10.5 Å². The number of carbonyl (C=O) groups excluding carboxylic acids is 1. The summed E-state index contributed by atoms with van der Waals surface area (Å²) in [5, 5.41) is 0. The van der Waals surface area contributed by atoms with Crippen LogP contribution in [0.3, 0.4) is 0 Å². The fourth-order valence-corrected chi connectivity index (χ4v) is 2.77. The minimum Gasteiger partial charge on any atom is -0.493 e. The average molecular weight is 332 g/mol. The summed E-state index contributed by atoms with van der Waals surface area (Å²) in [6, 6.07) is 11.0. The third-order valence-corrected chi connectivity index (χ3v) is 4.13. The molecule has 0 unspecified atom stereocenters. The van der Waals surface area contributed by atoms with Crippen molar-refractivity contribution in [3.8, 4) is 5.75 Å². The maximum atomic E-state index is 12.6. The Labute approximate surface area is 125 Å². The second-order valence-electron chi connectivity index (χ2n) is 4.81. The molecular formula is C16H14BrNO2. The van der Waals surface area contributed by atoms with Crippen LogP contribution in [0.1, 0.15) is 27.9 Å². The third kappa shape index (κ3) is 2.31. The predicted molar refractivity (Wildman–Crippen MR) is 82.2 cm³/mol. The monoisotopic (exact) mass is 331 g/mol. The van der Waals surface area contributed by atoms with Crippen molar-refractivity contribution < 1.29 is 9.53 Å². The van der Waals surface area contributed by atoms with Crippen LogP contribution in [0.5, 0.6) is 5.75 Å². The van der Waals surface area contributed by atoms with Gasteiger partial charge in [0.2, 0.25) is 0 Å². The number of halogens is 1. The first-order valence-electron chi connectivity index (χ1n) is 6.51. The molecule has 0 saturated heterocycles. The largest absolute Gasteiger partial charge is 0.493 e. The molecular weight excluding hydrogens is 318 g/mol. The van der Waals surface area contributed by atoms with E-state index in [1.807, 2.05) is 18.2 Å². The van der Waals surface area contributed by atoms with Crippen LogP contribution in [0, 0.1) is 0 Å². The van der Waals surface area contributed by atoms with Crippen molar-refractivity contribution >= 4 is 27.4 Å². The molecule has 4 heteroatoms. The van der Waals surface area contributed by atoms with E-state index < -0.39 is 0 Å². The van der Waals surface area contributed by atoms with Gasteiger partial charge in [-0.3, -0.25) is 4.79 Å². The molecule has 0 fully saturated rings. The van der Waals surface area contributed by atoms with Gasteiger partial charge in [-0.15, -0.1) is 0 Å². The molecule has 1 aliphatic heterocycles. The van der Waals surface area contributed by atoms with E-state index in [-0.39, 0.29) is 5.78 Å². The normalized spacial score (nSPS) is 13.4. The van der Waals surface area contributed by atoms with E-state index in [4.69, 9.17) is 10.5 Å². The highest BCUT2D eigenvalue weighted by molar-refractivity contribution is 9.10. The van der Waals surface area contributed by atoms with Gasteiger partial charge in [0.15, 0.2) is 5.78 Å². The van der Waals surface area contributed by atoms with Gasteiger partial charge in [-0.1, -0.05) is 12.1 Å². The fourth-order valence-electron chi connectivity index (χ4n) is 2.39. The first-order chi connectivity index (χ1) is 9.66. The summed E-state index contributed by atoms with van der Waals surface area (Å²) in [4.78, 5) is 12.6. The molecule has 0 amide bonds. The summed E-state index contributed by atoms with van der Waals surface area (Å²) in [7, 11) is 0. The third-order valence-electron chi connectivity index (χ3n) is 3.44. The fraction of sp³-hybridized carbons (Fsp3) is 0.188. The molecule has 0 spiro atoms. The molecule has 0 aromatic heterocycles. The Bertz CT molecular complexity index is 682. The number of hydrogen-bond donors (Lipinski definition) is 1. The topological polar surface area (TPSA) is 52.3 Å². The van der Waals surface area contributed by atoms with Gasteiger partial charge in [0.1, 0.15) is 5.75 Å². The Morgan fingerprint density at radius 1 is 1.25 bits per heavy atom. The molecule has 2 aromatic carbocycles. The molecule has 1 heterocycles. The molecule has 3 rings (SSSR count). The number of ketones is 1. The summed E-state index contributed by atoms with van der Waals surface area (Å²) >= 11 is 3.35. The lowest BCUT2D eigenvalue weighted by Crippen LogP contribution is -2.13.